The second-order valence-electron chi connectivity index (χ2n) is 6.21. The Morgan fingerprint density at radius 1 is 1.30 bits per heavy atom. The van der Waals surface area contributed by atoms with Crippen LogP contribution >= 0.6 is 0 Å². The molecule has 1 heterocycles. The maximum Gasteiger partial charge on any atom is 0.328 e. The molecular weight excluding hydrogens is 250 g/mol. The predicted molar refractivity (Wildman–Crippen MR) is 83.0 cm³/mol. The van der Waals surface area contributed by atoms with Gasteiger partial charge in [-0.3, -0.25) is 0 Å². The van der Waals surface area contributed by atoms with Gasteiger partial charge >= 0.3 is 5.97 Å². The Balaban J connectivity index is 2.72. The number of nitrogens with zero attached hydrogens (tertiary/aromatic N) is 1. The first-order valence-corrected chi connectivity index (χ1v) is 6.72. The summed E-state index contributed by atoms with van der Waals surface area (Å²) in [4.78, 5) is 10.8. The monoisotopic (exact) mass is 271 g/mol. The van der Waals surface area contributed by atoms with Crippen LogP contribution in [0.25, 0.3) is 17.0 Å². The topological polar surface area (TPSA) is 42.2 Å². The Morgan fingerprint density at radius 2 is 1.95 bits per heavy atom. The zero-order valence-electron chi connectivity index (χ0n) is 12.7. The Kier molecular flexibility index (Phi) is 3.46. The lowest BCUT2D eigenvalue weighted by Gasteiger charge is -2.19. The summed E-state index contributed by atoms with van der Waals surface area (Å²) < 4.78 is 2.10. The summed E-state index contributed by atoms with van der Waals surface area (Å²) in [6.07, 6.45) is 2.89. The fourth-order valence-electron chi connectivity index (χ4n) is 2.43. The molecule has 0 saturated heterocycles. The summed E-state index contributed by atoms with van der Waals surface area (Å²) in [5.74, 6) is -0.923. The number of aromatic nitrogens is 1. The highest BCUT2D eigenvalue weighted by Gasteiger charge is 2.17. The van der Waals surface area contributed by atoms with Crippen LogP contribution in [0.3, 0.4) is 0 Å². The van der Waals surface area contributed by atoms with Gasteiger partial charge in [0.1, 0.15) is 0 Å². The van der Waals surface area contributed by atoms with Crippen LogP contribution in [-0.2, 0) is 17.3 Å². The molecule has 0 saturated carbocycles. The molecule has 0 amide bonds. The summed E-state index contributed by atoms with van der Waals surface area (Å²) in [5.41, 5.74) is 4.51. The highest BCUT2D eigenvalue weighted by Crippen LogP contribution is 2.31. The summed E-state index contributed by atoms with van der Waals surface area (Å²) >= 11 is 0. The van der Waals surface area contributed by atoms with Crippen molar-refractivity contribution in [1.82, 2.24) is 4.57 Å². The molecule has 20 heavy (non-hydrogen) atoms. The van der Waals surface area contributed by atoms with Crippen molar-refractivity contribution < 1.29 is 9.90 Å². The average Bonchev–Trinajstić information content (AvgIpc) is 2.58. The zero-order valence-corrected chi connectivity index (χ0v) is 12.7. The third kappa shape index (κ3) is 2.48. The number of carboxylic acids is 1. The Labute approximate surface area is 119 Å². The van der Waals surface area contributed by atoms with Gasteiger partial charge in [0.2, 0.25) is 0 Å². The number of hydrogen-bond acceptors (Lipinski definition) is 1. The van der Waals surface area contributed by atoms with Crippen LogP contribution in [0.5, 0.6) is 0 Å². The SMILES string of the molecule is Cc1c(/C=C/C(=O)O)c2cc(C(C)(C)C)ccc2n1C. The van der Waals surface area contributed by atoms with E-state index in [1.165, 1.54) is 11.6 Å². The lowest BCUT2D eigenvalue weighted by atomic mass is 9.86. The third-order valence-electron chi connectivity index (χ3n) is 3.80. The smallest absolute Gasteiger partial charge is 0.328 e. The van der Waals surface area contributed by atoms with Crippen LogP contribution in [0.4, 0.5) is 0 Å². The number of hydrogen-bond donors (Lipinski definition) is 1. The van der Waals surface area contributed by atoms with Crippen LogP contribution in [0.2, 0.25) is 0 Å². The second kappa shape index (κ2) is 4.82. The van der Waals surface area contributed by atoms with Gasteiger partial charge in [-0.15, -0.1) is 0 Å². The first kappa shape index (κ1) is 14.4. The zero-order chi connectivity index (χ0) is 15.1. The third-order valence-corrected chi connectivity index (χ3v) is 3.80. The molecule has 106 valence electrons. The van der Waals surface area contributed by atoms with E-state index < -0.39 is 5.97 Å². The van der Waals surface area contributed by atoms with Crippen molar-refractivity contribution in [2.24, 2.45) is 7.05 Å². The Morgan fingerprint density at radius 3 is 2.50 bits per heavy atom. The van der Waals surface area contributed by atoms with E-state index in [0.29, 0.717) is 0 Å². The van der Waals surface area contributed by atoms with Gasteiger partial charge in [-0.05, 0) is 36.1 Å². The van der Waals surface area contributed by atoms with Gasteiger partial charge in [0.05, 0.1) is 0 Å². The fraction of sp³-hybridized carbons (Fsp3) is 0.353. The van der Waals surface area contributed by atoms with Crippen molar-refractivity contribution in [2.45, 2.75) is 33.1 Å². The maximum absolute atomic E-state index is 10.8. The molecule has 2 rings (SSSR count). The maximum atomic E-state index is 10.8. The van der Waals surface area contributed by atoms with Crippen molar-refractivity contribution >= 4 is 22.9 Å². The van der Waals surface area contributed by atoms with E-state index >= 15 is 0 Å². The van der Waals surface area contributed by atoms with Crippen molar-refractivity contribution in [1.29, 1.82) is 0 Å². The molecule has 0 aliphatic carbocycles. The van der Waals surface area contributed by atoms with Gasteiger partial charge in [0, 0.05) is 35.3 Å². The number of aliphatic carboxylic acids is 1. The number of rotatable bonds is 2. The van der Waals surface area contributed by atoms with Crippen LogP contribution in [-0.4, -0.2) is 15.6 Å². The van der Waals surface area contributed by atoms with E-state index in [4.69, 9.17) is 5.11 Å². The first-order valence-electron chi connectivity index (χ1n) is 6.72. The first-order chi connectivity index (χ1) is 9.21. The minimum absolute atomic E-state index is 0.0751. The summed E-state index contributed by atoms with van der Waals surface area (Å²) in [7, 11) is 2.01. The molecule has 3 heteroatoms. The standard InChI is InChI=1S/C17H21NO2/c1-11-13(7-9-16(19)20)14-10-12(17(2,3)4)6-8-15(14)18(11)5/h6-10H,1-5H3,(H,19,20)/b9-7+. The van der Waals surface area contributed by atoms with Gasteiger partial charge in [-0.2, -0.15) is 0 Å². The second-order valence-corrected chi connectivity index (χ2v) is 6.21. The normalized spacial score (nSPS) is 12.4. The van der Waals surface area contributed by atoms with Crippen LogP contribution in [0, 0.1) is 6.92 Å². The molecule has 0 unspecified atom stereocenters. The number of aryl methyl sites for hydroxylation is 1. The minimum atomic E-state index is -0.923. The molecule has 2 aromatic rings. The van der Waals surface area contributed by atoms with Crippen molar-refractivity contribution in [3.05, 3.63) is 41.1 Å². The molecule has 0 radical (unpaired) electrons. The van der Waals surface area contributed by atoms with Crippen LogP contribution < -0.4 is 0 Å². The van der Waals surface area contributed by atoms with E-state index in [1.807, 2.05) is 14.0 Å². The molecule has 0 aliphatic rings. The van der Waals surface area contributed by atoms with Gasteiger partial charge in [0.15, 0.2) is 0 Å². The molecule has 0 spiro atoms. The predicted octanol–water partition coefficient (Wildman–Crippen LogP) is 3.88. The number of carboxylic acid groups (broad SMARTS) is 1. The molecule has 1 N–H and O–H groups in total. The van der Waals surface area contributed by atoms with Crippen molar-refractivity contribution in [3.8, 4) is 0 Å². The highest BCUT2D eigenvalue weighted by atomic mass is 16.4. The lowest BCUT2D eigenvalue weighted by molar-refractivity contribution is -0.131. The largest absolute Gasteiger partial charge is 0.478 e. The number of fused-ring (bicyclic) bond motifs is 1. The molecule has 3 nitrogen and oxygen atoms in total. The van der Waals surface area contributed by atoms with Gasteiger partial charge in [0.25, 0.3) is 0 Å². The molecule has 0 bridgehead atoms. The van der Waals surface area contributed by atoms with E-state index in [2.05, 4.69) is 43.5 Å². The van der Waals surface area contributed by atoms with Crippen molar-refractivity contribution in [2.75, 3.05) is 0 Å². The summed E-state index contributed by atoms with van der Waals surface area (Å²) in [5, 5.41) is 9.94. The quantitative estimate of drug-likeness (QED) is 0.842. The fourth-order valence-corrected chi connectivity index (χ4v) is 2.43. The van der Waals surface area contributed by atoms with Gasteiger partial charge in [-0.1, -0.05) is 26.8 Å². The summed E-state index contributed by atoms with van der Waals surface area (Å²) in [6.45, 7) is 8.54. The highest BCUT2D eigenvalue weighted by molar-refractivity contribution is 5.95. The van der Waals surface area contributed by atoms with Gasteiger partial charge < -0.3 is 9.67 Å². The van der Waals surface area contributed by atoms with E-state index in [9.17, 15) is 4.79 Å². The van der Waals surface area contributed by atoms with E-state index in [-0.39, 0.29) is 5.41 Å². The molecule has 1 aromatic heterocycles. The Hall–Kier alpha value is -2.03. The summed E-state index contributed by atoms with van der Waals surface area (Å²) in [6, 6.07) is 6.43. The van der Waals surface area contributed by atoms with Crippen LogP contribution in [0.1, 0.15) is 37.6 Å². The average molecular weight is 271 g/mol. The number of benzene rings is 1. The Bertz CT molecular complexity index is 700. The molecule has 0 fully saturated rings. The van der Waals surface area contributed by atoms with Crippen molar-refractivity contribution in [3.63, 3.8) is 0 Å². The van der Waals surface area contributed by atoms with Gasteiger partial charge in [-0.25, -0.2) is 4.79 Å². The molecule has 1 aromatic carbocycles. The van der Waals surface area contributed by atoms with Crippen LogP contribution in [0.15, 0.2) is 24.3 Å². The molecule has 0 atom stereocenters. The minimum Gasteiger partial charge on any atom is -0.478 e. The lowest BCUT2D eigenvalue weighted by Crippen LogP contribution is -2.10. The van der Waals surface area contributed by atoms with E-state index in [0.717, 1.165) is 22.2 Å². The molecule has 0 aliphatic heterocycles. The van der Waals surface area contributed by atoms with E-state index in [1.54, 1.807) is 6.08 Å². The molecular formula is C17H21NO2. The number of carbonyl (C=O) groups is 1.